The van der Waals surface area contributed by atoms with Gasteiger partial charge in [0.15, 0.2) is 0 Å². The molecule has 6 heteroatoms. The van der Waals surface area contributed by atoms with Gasteiger partial charge in [-0.25, -0.2) is 15.0 Å². The van der Waals surface area contributed by atoms with E-state index in [0.29, 0.717) is 12.5 Å². The molecule has 25 heavy (non-hydrogen) atoms. The van der Waals surface area contributed by atoms with Crippen LogP contribution in [0.3, 0.4) is 0 Å². The van der Waals surface area contributed by atoms with Gasteiger partial charge in [0.25, 0.3) is 0 Å². The molecular weight excluding hydrogens is 332 g/mol. The van der Waals surface area contributed by atoms with Crippen molar-refractivity contribution < 1.29 is 4.74 Å². The van der Waals surface area contributed by atoms with E-state index in [1.54, 1.807) is 11.3 Å². The number of pyridine rings is 1. The first kappa shape index (κ1) is 16.7. The molecule has 3 aromatic heterocycles. The fourth-order valence-electron chi connectivity index (χ4n) is 3.19. The van der Waals surface area contributed by atoms with E-state index in [9.17, 15) is 0 Å². The van der Waals surface area contributed by atoms with Crippen LogP contribution in [0.25, 0.3) is 20.4 Å². The van der Waals surface area contributed by atoms with Crippen LogP contribution in [0, 0.1) is 12.8 Å². The van der Waals surface area contributed by atoms with Gasteiger partial charge in [-0.2, -0.15) is 0 Å². The highest BCUT2D eigenvalue weighted by Gasteiger charge is 2.28. The summed E-state index contributed by atoms with van der Waals surface area (Å²) in [4.78, 5) is 15.3. The lowest BCUT2D eigenvalue weighted by Crippen LogP contribution is -2.32. The Bertz CT molecular complexity index is 961. The maximum Gasteiger partial charge on any atom is 0.147 e. The molecule has 0 radical (unpaired) electrons. The van der Waals surface area contributed by atoms with Crippen LogP contribution in [0.1, 0.15) is 44.8 Å². The van der Waals surface area contributed by atoms with E-state index in [2.05, 4.69) is 44.1 Å². The molecule has 1 aliphatic heterocycles. The molecule has 0 spiro atoms. The Labute approximate surface area is 151 Å². The summed E-state index contributed by atoms with van der Waals surface area (Å²) >= 11 is 1.68. The van der Waals surface area contributed by atoms with Gasteiger partial charge in [0, 0.05) is 23.9 Å². The molecule has 0 saturated heterocycles. The zero-order valence-electron chi connectivity index (χ0n) is 15.4. The highest BCUT2D eigenvalue weighted by Crippen LogP contribution is 2.38. The minimum atomic E-state index is -0.148. The fourth-order valence-corrected chi connectivity index (χ4v) is 4.27. The van der Waals surface area contributed by atoms with Crippen molar-refractivity contribution in [3.63, 3.8) is 0 Å². The van der Waals surface area contributed by atoms with Crippen LogP contribution >= 0.6 is 11.3 Å². The molecule has 0 unspecified atom stereocenters. The van der Waals surface area contributed by atoms with Crippen molar-refractivity contribution in [3.05, 3.63) is 23.1 Å². The third-order valence-electron chi connectivity index (χ3n) is 4.48. The lowest BCUT2D eigenvalue weighted by molar-refractivity contribution is -0.0411. The summed E-state index contributed by atoms with van der Waals surface area (Å²) in [7, 11) is 0. The zero-order chi connectivity index (χ0) is 17.8. The Morgan fingerprint density at radius 2 is 2.08 bits per heavy atom. The van der Waals surface area contributed by atoms with Crippen molar-refractivity contribution in [1.29, 1.82) is 0 Å². The monoisotopic (exact) mass is 356 g/mol. The number of aryl methyl sites for hydroxylation is 1. The number of nitrogens with zero attached hydrogens (tertiary/aromatic N) is 3. The Balaban J connectivity index is 1.88. The molecule has 0 aliphatic carbocycles. The number of rotatable bonds is 3. The predicted octanol–water partition coefficient (Wildman–Crippen LogP) is 4.47. The lowest BCUT2D eigenvalue weighted by atomic mass is 9.95. The summed E-state index contributed by atoms with van der Waals surface area (Å²) in [5, 5.41) is 4.59. The summed E-state index contributed by atoms with van der Waals surface area (Å²) < 4.78 is 7.05. The van der Waals surface area contributed by atoms with E-state index in [1.165, 1.54) is 5.56 Å². The maximum atomic E-state index is 5.96. The Morgan fingerprint density at radius 1 is 1.28 bits per heavy atom. The molecule has 5 nitrogen and oxygen atoms in total. The number of thiophene rings is 1. The average Bonchev–Trinajstić information content (AvgIpc) is 2.87. The summed E-state index contributed by atoms with van der Waals surface area (Å²) in [6.45, 7) is 12.1. The Morgan fingerprint density at radius 3 is 2.84 bits per heavy atom. The maximum absolute atomic E-state index is 5.96. The summed E-state index contributed by atoms with van der Waals surface area (Å²) in [5.41, 5.74) is 3.18. The fraction of sp³-hybridized carbons (Fsp3) is 0.526. The zero-order valence-corrected chi connectivity index (χ0v) is 16.3. The molecule has 4 rings (SSSR count). The first-order chi connectivity index (χ1) is 11.8. The van der Waals surface area contributed by atoms with E-state index in [4.69, 9.17) is 14.7 Å². The molecule has 0 aromatic carbocycles. The number of anilines is 1. The van der Waals surface area contributed by atoms with Crippen LogP contribution < -0.4 is 5.32 Å². The van der Waals surface area contributed by atoms with Crippen molar-refractivity contribution in [3.8, 4) is 0 Å². The van der Waals surface area contributed by atoms with Gasteiger partial charge in [0.1, 0.15) is 16.5 Å². The van der Waals surface area contributed by atoms with Gasteiger partial charge in [0.05, 0.1) is 28.1 Å². The van der Waals surface area contributed by atoms with Crippen LogP contribution in [0.2, 0.25) is 0 Å². The number of ether oxygens (including phenoxy) is 1. The topological polar surface area (TPSA) is 59.9 Å². The molecular formula is C19H24N4OS. The third kappa shape index (κ3) is 3.09. The Hall–Kier alpha value is -1.79. The van der Waals surface area contributed by atoms with Gasteiger partial charge in [-0.15, -0.1) is 11.3 Å². The van der Waals surface area contributed by atoms with E-state index < -0.39 is 0 Å². The minimum absolute atomic E-state index is 0.148. The van der Waals surface area contributed by atoms with E-state index in [1.807, 2.05) is 6.92 Å². The average molecular weight is 356 g/mol. The van der Waals surface area contributed by atoms with E-state index in [0.717, 1.165) is 50.7 Å². The molecule has 132 valence electrons. The second-order valence-electron chi connectivity index (χ2n) is 7.85. The van der Waals surface area contributed by atoms with E-state index >= 15 is 0 Å². The number of hydrogen-bond donors (Lipinski definition) is 1. The summed E-state index contributed by atoms with van der Waals surface area (Å²) in [6, 6.07) is 2.21. The molecule has 0 atom stereocenters. The highest BCUT2D eigenvalue weighted by molar-refractivity contribution is 7.25. The molecule has 1 aliphatic rings. The van der Waals surface area contributed by atoms with Gasteiger partial charge in [-0.05, 0) is 32.8 Å². The van der Waals surface area contributed by atoms with Gasteiger partial charge >= 0.3 is 0 Å². The van der Waals surface area contributed by atoms with Gasteiger partial charge < -0.3 is 10.1 Å². The van der Waals surface area contributed by atoms with Crippen LogP contribution in [-0.2, 0) is 17.8 Å². The standard InChI is InChI=1S/C19H24N4OS/c1-10(2)8-20-17-16-15(21-11(3)22-17)13-6-12-9-24-19(4,5)7-14(12)23-18(13)25-16/h6,10H,7-9H2,1-5H3,(H,20,21,22). The molecule has 0 bridgehead atoms. The van der Waals surface area contributed by atoms with Crippen molar-refractivity contribution in [1.82, 2.24) is 15.0 Å². The van der Waals surface area contributed by atoms with E-state index in [-0.39, 0.29) is 5.60 Å². The van der Waals surface area contributed by atoms with Crippen molar-refractivity contribution in [2.24, 2.45) is 5.92 Å². The van der Waals surface area contributed by atoms with Crippen LogP contribution in [0.4, 0.5) is 5.82 Å². The van der Waals surface area contributed by atoms with Crippen molar-refractivity contribution in [2.45, 2.75) is 53.2 Å². The van der Waals surface area contributed by atoms with Crippen LogP contribution in [0.15, 0.2) is 6.07 Å². The first-order valence-corrected chi connectivity index (χ1v) is 9.61. The van der Waals surface area contributed by atoms with Gasteiger partial charge in [-0.3, -0.25) is 0 Å². The molecule has 3 aromatic rings. The Kier molecular flexibility index (Phi) is 3.92. The molecule has 4 heterocycles. The number of fused-ring (bicyclic) bond motifs is 4. The second kappa shape index (κ2) is 5.88. The summed E-state index contributed by atoms with van der Waals surface area (Å²) in [6.07, 6.45) is 0.843. The van der Waals surface area contributed by atoms with Crippen molar-refractivity contribution >= 4 is 37.6 Å². The van der Waals surface area contributed by atoms with Crippen LogP contribution in [-0.4, -0.2) is 27.1 Å². The third-order valence-corrected chi connectivity index (χ3v) is 5.57. The minimum Gasteiger partial charge on any atom is -0.370 e. The molecule has 1 N–H and O–H groups in total. The van der Waals surface area contributed by atoms with Gasteiger partial charge in [-0.1, -0.05) is 13.8 Å². The molecule has 0 saturated carbocycles. The highest BCUT2D eigenvalue weighted by atomic mass is 32.1. The smallest absolute Gasteiger partial charge is 0.147 e. The molecule has 0 fully saturated rings. The quantitative estimate of drug-likeness (QED) is 0.750. The second-order valence-corrected chi connectivity index (χ2v) is 8.85. The number of aromatic nitrogens is 3. The molecule has 0 amide bonds. The number of nitrogens with one attached hydrogen (secondary N) is 1. The lowest BCUT2D eigenvalue weighted by Gasteiger charge is -2.30. The predicted molar refractivity (Wildman–Crippen MR) is 103 cm³/mol. The van der Waals surface area contributed by atoms with Gasteiger partial charge in [0.2, 0.25) is 0 Å². The SMILES string of the molecule is Cc1nc(NCC(C)C)c2sc3nc4c(cc3c2n1)COC(C)(C)C4. The number of hydrogen-bond acceptors (Lipinski definition) is 6. The normalized spacial score (nSPS) is 16.6. The van der Waals surface area contributed by atoms with Crippen molar-refractivity contribution in [2.75, 3.05) is 11.9 Å². The largest absolute Gasteiger partial charge is 0.370 e. The summed E-state index contributed by atoms with van der Waals surface area (Å²) in [5.74, 6) is 2.27. The van der Waals surface area contributed by atoms with Crippen LogP contribution in [0.5, 0.6) is 0 Å². The first-order valence-electron chi connectivity index (χ1n) is 8.80.